The molecular formula is C8H17N3O2S2. The van der Waals surface area contributed by atoms with E-state index in [1.54, 1.807) is 13.8 Å². The smallest absolute Gasteiger partial charge is 0.280 e. The topological polar surface area (TPSA) is 75.4 Å². The molecule has 88 valence electrons. The summed E-state index contributed by atoms with van der Waals surface area (Å²) in [6.07, 6.45) is 1.83. The minimum absolute atomic E-state index is 0.0923. The van der Waals surface area contributed by atoms with Crippen LogP contribution in [0.5, 0.6) is 0 Å². The van der Waals surface area contributed by atoms with Crippen LogP contribution in [0, 0.1) is 0 Å². The number of thiocarbonyl (C=S) groups is 1. The van der Waals surface area contributed by atoms with Crippen LogP contribution in [0.25, 0.3) is 0 Å². The Hall–Kier alpha value is -0.240. The molecule has 0 aliphatic heterocycles. The standard InChI is InChI=1S/C8H17N3O2S2/c1-6(2)11(5-8(9)14)15(12,13)10-7-3-4-7/h6-7,10H,3-5H2,1-2H3,(H2,9,14). The van der Waals surface area contributed by atoms with Gasteiger partial charge in [0.05, 0.1) is 11.5 Å². The first-order valence-corrected chi connectivity index (χ1v) is 6.75. The molecule has 1 fully saturated rings. The number of rotatable bonds is 6. The van der Waals surface area contributed by atoms with Crippen LogP contribution in [-0.2, 0) is 10.2 Å². The summed E-state index contributed by atoms with van der Waals surface area (Å²) in [6.45, 7) is 3.68. The third-order valence-corrected chi connectivity index (χ3v) is 4.02. The molecule has 1 aliphatic rings. The lowest BCUT2D eigenvalue weighted by molar-refractivity contribution is 0.383. The molecule has 0 aromatic heterocycles. The average molecular weight is 251 g/mol. The van der Waals surface area contributed by atoms with Gasteiger partial charge in [0.15, 0.2) is 0 Å². The van der Waals surface area contributed by atoms with Crippen molar-refractivity contribution >= 4 is 27.4 Å². The van der Waals surface area contributed by atoms with Crippen molar-refractivity contribution in [1.29, 1.82) is 0 Å². The van der Waals surface area contributed by atoms with Crippen LogP contribution >= 0.6 is 12.2 Å². The van der Waals surface area contributed by atoms with Gasteiger partial charge in [0.2, 0.25) is 0 Å². The minimum Gasteiger partial charge on any atom is -0.392 e. The zero-order valence-corrected chi connectivity index (χ0v) is 10.6. The molecule has 0 spiro atoms. The van der Waals surface area contributed by atoms with E-state index in [9.17, 15) is 8.42 Å². The highest BCUT2D eigenvalue weighted by atomic mass is 32.2. The van der Waals surface area contributed by atoms with E-state index in [1.165, 1.54) is 4.31 Å². The number of nitrogens with two attached hydrogens (primary N) is 1. The maximum Gasteiger partial charge on any atom is 0.280 e. The van der Waals surface area contributed by atoms with Crippen LogP contribution in [0.1, 0.15) is 26.7 Å². The summed E-state index contributed by atoms with van der Waals surface area (Å²) in [5.41, 5.74) is 5.37. The van der Waals surface area contributed by atoms with Gasteiger partial charge in [-0.1, -0.05) is 12.2 Å². The molecule has 0 amide bonds. The van der Waals surface area contributed by atoms with E-state index in [-0.39, 0.29) is 23.6 Å². The molecule has 0 aromatic rings. The van der Waals surface area contributed by atoms with E-state index in [4.69, 9.17) is 18.0 Å². The van der Waals surface area contributed by atoms with Crippen LogP contribution in [-0.4, -0.2) is 36.3 Å². The van der Waals surface area contributed by atoms with E-state index in [2.05, 4.69) is 4.72 Å². The van der Waals surface area contributed by atoms with Gasteiger partial charge in [-0.05, 0) is 26.7 Å². The second-order valence-electron chi connectivity index (χ2n) is 4.00. The lowest BCUT2D eigenvalue weighted by atomic mass is 10.4. The summed E-state index contributed by atoms with van der Waals surface area (Å²) >= 11 is 4.73. The Labute approximate surface area is 96.2 Å². The quantitative estimate of drug-likeness (QED) is 0.651. The summed E-state index contributed by atoms with van der Waals surface area (Å²) in [5, 5.41) is 0. The maximum atomic E-state index is 11.9. The molecule has 3 N–H and O–H groups in total. The molecule has 0 atom stereocenters. The zero-order valence-electron chi connectivity index (χ0n) is 8.93. The summed E-state index contributed by atoms with van der Waals surface area (Å²) in [4.78, 5) is 0.185. The zero-order chi connectivity index (χ0) is 11.6. The predicted octanol–water partition coefficient (Wildman–Crippen LogP) is -0.0203. The van der Waals surface area contributed by atoms with Crippen molar-refractivity contribution in [2.75, 3.05) is 6.54 Å². The van der Waals surface area contributed by atoms with Crippen molar-refractivity contribution in [3.05, 3.63) is 0 Å². The lowest BCUT2D eigenvalue weighted by Gasteiger charge is -2.25. The molecule has 1 aliphatic carbocycles. The van der Waals surface area contributed by atoms with E-state index in [0.29, 0.717) is 0 Å². The molecular weight excluding hydrogens is 234 g/mol. The Kier molecular flexibility index (Phi) is 4.05. The van der Waals surface area contributed by atoms with Gasteiger partial charge in [-0.15, -0.1) is 0 Å². The fourth-order valence-electron chi connectivity index (χ4n) is 1.18. The van der Waals surface area contributed by atoms with Crippen molar-refractivity contribution in [2.24, 2.45) is 5.73 Å². The molecule has 0 saturated heterocycles. The van der Waals surface area contributed by atoms with E-state index < -0.39 is 10.2 Å². The number of hydrogen-bond donors (Lipinski definition) is 2. The number of nitrogens with zero attached hydrogens (tertiary/aromatic N) is 1. The van der Waals surface area contributed by atoms with Crippen LogP contribution in [0.3, 0.4) is 0 Å². The van der Waals surface area contributed by atoms with E-state index in [1.807, 2.05) is 0 Å². The third-order valence-electron chi connectivity index (χ3n) is 2.09. The van der Waals surface area contributed by atoms with Crippen molar-refractivity contribution in [2.45, 2.75) is 38.8 Å². The highest BCUT2D eigenvalue weighted by Crippen LogP contribution is 2.21. The summed E-state index contributed by atoms with van der Waals surface area (Å²) < 4.78 is 27.6. The van der Waals surface area contributed by atoms with Gasteiger partial charge >= 0.3 is 0 Å². The van der Waals surface area contributed by atoms with E-state index >= 15 is 0 Å². The van der Waals surface area contributed by atoms with Gasteiger partial charge in [0.25, 0.3) is 10.2 Å². The Morgan fingerprint density at radius 1 is 1.60 bits per heavy atom. The minimum atomic E-state index is -3.44. The Bertz CT molecular complexity index is 336. The van der Waals surface area contributed by atoms with Crippen molar-refractivity contribution in [3.63, 3.8) is 0 Å². The average Bonchev–Trinajstić information content (AvgIpc) is 2.82. The highest BCUT2D eigenvalue weighted by molar-refractivity contribution is 7.87. The van der Waals surface area contributed by atoms with Gasteiger partial charge in [0, 0.05) is 12.1 Å². The third kappa shape index (κ3) is 4.02. The van der Waals surface area contributed by atoms with Gasteiger partial charge < -0.3 is 5.73 Å². The second-order valence-corrected chi connectivity index (χ2v) is 6.18. The Morgan fingerprint density at radius 3 is 2.47 bits per heavy atom. The van der Waals surface area contributed by atoms with Gasteiger partial charge in [-0.2, -0.15) is 17.4 Å². The molecule has 0 unspecified atom stereocenters. The van der Waals surface area contributed by atoms with Crippen LogP contribution in [0.15, 0.2) is 0 Å². The van der Waals surface area contributed by atoms with Crippen LogP contribution < -0.4 is 10.5 Å². The Balaban J connectivity index is 2.71. The first-order chi connectivity index (χ1) is 6.83. The maximum absolute atomic E-state index is 11.9. The molecule has 1 rings (SSSR count). The monoisotopic (exact) mass is 251 g/mol. The van der Waals surface area contributed by atoms with Crippen molar-refractivity contribution in [1.82, 2.24) is 9.03 Å². The number of nitrogens with one attached hydrogen (secondary N) is 1. The normalized spacial score (nSPS) is 17.3. The lowest BCUT2D eigenvalue weighted by Crippen LogP contribution is -2.48. The second kappa shape index (κ2) is 4.73. The van der Waals surface area contributed by atoms with E-state index in [0.717, 1.165) is 12.8 Å². The largest absolute Gasteiger partial charge is 0.392 e. The van der Waals surface area contributed by atoms with Crippen molar-refractivity contribution < 1.29 is 8.42 Å². The predicted molar refractivity (Wildman–Crippen MR) is 63.7 cm³/mol. The summed E-state index contributed by atoms with van der Waals surface area (Å²) in [7, 11) is -3.44. The molecule has 0 heterocycles. The molecule has 5 nitrogen and oxygen atoms in total. The fourth-order valence-corrected chi connectivity index (χ4v) is 3.06. The fraction of sp³-hybridized carbons (Fsp3) is 0.875. The summed E-state index contributed by atoms with van der Waals surface area (Å²) in [5.74, 6) is 0. The first kappa shape index (κ1) is 12.8. The number of hydrogen-bond acceptors (Lipinski definition) is 3. The van der Waals surface area contributed by atoms with Gasteiger partial charge in [0.1, 0.15) is 0 Å². The van der Waals surface area contributed by atoms with Crippen LogP contribution in [0.2, 0.25) is 0 Å². The van der Waals surface area contributed by atoms with Gasteiger partial charge in [-0.3, -0.25) is 0 Å². The Morgan fingerprint density at radius 2 is 2.13 bits per heavy atom. The van der Waals surface area contributed by atoms with Gasteiger partial charge in [-0.25, -0.2) is 0 Å². The molecule has 0 aromatic carbocycles. The molecule has 0 radical (unpaired) electrons. The van der Waals surface area contributed by atoms with Crippen molar-refractivity contribution in [3.8, 4) is 0 Å². The van der Waals surface area contributed by atoms with Crippen LogP contribution in [0.4, 0.5) is 0 Å². The molecule has 7 heteroatoms. The molecule has 15 heavy (non-hydrogen) atoms. The highest BCUT2D eigenvalue weighted by Gasteiger charge is 2.32. The first-order valence-electron chi connectivity index (χ1n) is 4.90. The SMILES string of the molecule is CC(C)N(CC(N)=S)S(=O)(=O)NC1CC1. The molecule has 1 saturated carbocycles. The summed E-state index contributed by atoms with van der Waals surface area (Å²) in [6, 6.07) is -0.0506. The molecule has 0 bridgehead atoms.